The van der Waals surface area contributed by atoms with Crippen LogP contribution in [0, 0.1) is 6.33 Å². The highest BCUT2D eigenvalue weighted by Gasteiger charge is 2.02. The number of rotatable bonds is 2. The summed E-state index contributed by atoms with van der Waals surface area (Å²) >= 11 is 0. The van der Waals surface area contributed by atoms with Crippen molar-refractivity contribution in [3.05, 3.63) is 30.6 Å². The molecule has 13 heavy (non-hydrogen) atoms. The van der Waals surface area contributed by atoms with Crippen LogP contribution in [0.2, 0.25) is 0 Å². The SMILES string of the molecule is CCOc1ccc2n[c]nc-2cc1. The van der Waals surface area contributed by atoms with Gasteiger partial charge in [-0.25, -0.2) is 9.97 Å². The van der Waals surface area contributed by atoms with E-state index in [-0.39, 0.29) is 0 Å². The van der Waals surface area contributed by atoms with E-state index in [4.69, 9.17) is 4.74 Å². The molecule has 3 nitrogen and oxygen atoms in total. The van der Waals surface area contributed by atoms with Crippen molar-refractivity contribution in [2.75, 3.05) is 6.61 Å². The topological polar surface area (TPSA) is 35.0 Å². The lowest BCUT2D eigenvalue weighted by Gasteiger charge is -1.96. The summed E-state index contributed by atoms with van der Waals surface area (Å²) < 4.78 is 5.34. The smallest absolute Gasteiger partial charge is 0.199 e. The Balaban J connectivity index is 2.43. The van der Waals surface area contributed by atoms with Gasteiger partial charge in [-0.2, -0.15) is 0 Å². The minimum atomic E-state index is 0.668. The van der Waals surface area contributed by atoms with Gasteiger partial charge in [0.05, 0.1) is 18.0 Å². The van der Waals surface area contributed by atoms with Crippen LogP contribution >= 0.6 is 0 Å². The van der Waals surface area contributed by atoms with Crippen LogP contribution in [0.5, 0.6) is 5.75 Å². The molecule has 0 unspecified atom stereocenters. The van der Waals surface area contributed by atoms with Gasteiger partial charge < -0.3 is 4.74 Å². The van der Waals surface area contributed by atoms with Crippen molar-refractivity contribution >= 4 is 0 Å². The molecule has 1 aliphatic carbocycles. The molecule has 2 aliphatic rings. The predicted molar refractivity (Wildman–Crippen MR) is 48.7 cm³/mol. The highest BCUT2D eigenvalue weighted by atomic mass is 16.5. The highest BCUT2D eigenvalue weighted by Crippen LogP contribution is 2.18. The van der Waals surface area contributed by atoms with Crippen LogP contribution in [0.25, 0.3) is 11.4 Å². The monoisotopic (exact) mass is 173 g/mol. The second-order valence-electron chi connectivity index (χ2n) is 2.60. The van der Waals surface area contributed by atoms with E-state index in [0.717, 1.165) is 17.1 Å². The minimum absolute atomic E-state index is 0.668. The Hall–Kier alpha value is -1.64. The number of hydrogen-bond donors (Lipinski definition) is 0. The van der Waals surface area contributed by atoms with Crippen molar-refractivity contribution in [1.29, 1.82) is 0 Å². The molecule has 3 heteroatoms. The Bertz CT molecular complexity index is 345. The van der Waals surface area contributed by atoms with Crippen molar-refractivity contribution in [2.24, 2.45) is 0 Å². The summed E-state index contributed by atoms with van der Waals surface area (Å²) in [5.41, 5.74) is 1.68. The molecule has 0 aromatic heterocycles. The first-order chi connectivity index (χ1) is 6.40. The maximum absolute atomic E-state index is 5.34. The molecule has 0 amide bonds. The summed E-state index contributed by atoms with van der Waals surface area (Å²) in [6.07, 6.45) is 2.56. The fourth-order valence-corrected chi connectivity index (χ4v) is 1.13. The van der Waals surface area contributed by atoms with Gasteiger partial charge in [0.25, 0.3) is 0 Å². The second kappa shape index (κ2) is 3.39. The first-order valence-electron chi connectivity index (χ1n) is 4.17. The maximum Gasteiger partial charge on any atom is 0.199 e. The fraction of sp³-hybridized carbons (Fsp3) is 0.200. The quantitative estimate of drug-likeness (QED) is 0.694. The van der Waals surface area contributed by atoms with Crippen molar-refractivity contribution in [3.63, 3.8) is 0 Å². The lowest BCUT2D eigenvalue weighted by Crippen LogP contribution is -1.88. The molecule has 65 valence electrons. The Morgan fingerprint density at radius 2 is 1.77 bits per heavy atom. The molecule has 1 heterocycles. The van der Waals surface area contributed by atoms with Crippen molar-refractivity contribution < 1.29 is 4.74 Å². The molecule has 0 N–H and O–H groups in total. The first kappa shape index (κ1) is 7.98. The van der Waals surface area contributed by atoms with Crippen LogP contribution in [0.1, 0.15) is 6.92 Å². The summed E-state index contributed by atoms with van der Waals surface area (Å²) in [5.74, 6) is 0.835. The number of hydrogen-bond acceptors (Lipinski definition) is 3. The molecule has 0 aromatic carbocycles. The molecule has 0 aromatic rings. The number of nitrogens with zero attached hydrogens (tertiary/aromatic N) is 2. The summed E-state index contributed by atoms with van der Waals surface area (Å²) in [4.78, 5) is 7.94. The van der Waals surface area contributed by atoms with Gasteiger partial charge in [0.1, 0.15) is 5.75 Å². The van der Waals surface area contributed by atoms with Gasteiger partial charge in [-0.15, -0.1) is 0 Å². The number of ether oxygens (including phenoxy) is 1. The van der Waals surface area contributed by atoms with Gasteiger partial charge in [0.15, 0.2) is 6.33 Å². The largest absolute Gasteiger partial charge is 0.494 e. The molecular formula is C10H9N2O. The standard InChI is InChI=1S/C10H9N2O/c1-2-13-8-3-5-9-10(6-4-8)12-7-11-9/h3-6H,2H2,1H3. The third-order valence-electron chi connectivity index (χ3n) is 1.73. The zero-order valence-corrected chi connectivity index (χ0v) is 7.32. The summed E-state index contributed by atoms with van der Waals surface area (Å²) in [6, 6.07) is 7.52. The molecule has 1 radical (unpaired) electrons. The minimum Gasteiger partial charge on any atom is -0.494 e. The van der Waals surface area contributed by atoms with E-state index >= 15 is 0 Å². The van der Waals surface area contributed by atoms with Crippen molar-refractivity contribution in [1.82, 2.24) is 9.97 Å². The molecule has 1 aliphatic heterocycles. The van der Waals surface area contributed by atoms with Crippen LogP contribution < -0.4 is 4.74 Å². The zero-order chi connectivity index (χ0) is 9.10. The van der Waals surface area contributed by atoms with E-state index in [2.05, 4.69) is 16.3 Å². The van der Waals surface area contributed by atoms with Gasteiger partial charge in [-0.1, -0.05) is 0 Å². The van der Waals surface area contributed by atoms with Gasteiger partial charge in [0.2, 0.25) is 0 Å². The average molecular weight is 173 g/mol. The van der Waals surface area contributed by atoms with Crippen LogP contribution in [-0.2, 0) is 0 Å². The molecule has 2 rings (SSSR count). The normalized spacial score (nSPS) is 10.2. The lowest BCUT2D eigenvalue weighted by atomic mass is 10.3. The fourth-order valence-electron chi connectivity index (χ4n) is 1.13. The third kappa shape index (κ3) is 1.59. The van der Waals surface area contributed by atoms with Crippen LogP contribution in [0.15, 0.2) is 24.3 Å². The van der Waals surface area contributed by atoms with Crippen LogP contribution in [0.3, 0.4) is 0 Å². The van der Waals surface area contributed by atoms with Crippen LogP contribution in [0.4, 0.5) is 0 Å². The Labute approximate surface area is 76.8 Å². The Morgan fingerprint density at radius 1 is 1.15 bits per heavy atom. The van der Waals surface area contributed by atoms with E-state index in [1.54, 1.807) is 0 Å². The van der Waals surface area contributed by atoms with E-state index in [0.29, 0.717) is 6.61 Å². The third-order valence-corrected chi connectivity index (χ3v) is 1.73. The van der Waals surface area contributed by atoms with Gasteiger partial charge in [-0.05, 0) is 31.2 Å². The lowest BCUT2D eigenvalue weighted by molar-refractivity contribution is 0.340. The summed E-state index contributed by atoms with van der Waals surface area (Å²) in [5, 5.41) is 0. The van der Waals surface area contributed by atoms with E-state index in [1.165, 1.54) is 0 Å². The highest BCUT2D eigenvalue weighted by molar-refractivity contribution is 5.55. The van der Waals surface area contributed by atoms with Crippen LogP contribution in [-0.4, -0.2) is 16.6 Å². The molecule has 0 saturated heterocycles. The molecule has 0 fully saturated rings. The number of fused-ring (bicyclic) bond motifs is 1. The van der Waals surface area contributed by atoms with Gasteiger partial charge >= 0.3 is 0 Å². The molecule has 0 saturated carbocycles. The summed E-state index contributed by atoms with van der Waals surface area (Å²) in [6.45, 7) is 2.62. The average Bonchev–Trinajstić information content (AvgIpc) is 2.50. The Morgan fingerprint density at radius 3 is 2.31 bits per heavy atom. The number of aromatic nitrogens is 2. The summed E-state index contributed by atoms with van der Waals surface area (Å²) in [7, 11) is 0. The van der Waals surface area contributed by atoms with E-state index < -0.39 is 0 Å². The molecule has 0 atom stereocenters. The van der Waals surface area contributed by atoms with E-state index in [1.807, 2.05) is 31.2 Å². The maximum atomic E-state index is 5.34. The predicted octanol–water partition coefficient (Wildman–Crippen LogP) is 1.78. The number of imidazole rings is 1. The second-order valence-corrected chi connectivity index (χ2v) is 2.60. The zero-order valence-electron chi connectivity index (χ0n) is 7.32. The molecular weight excluding hydrogens is 164 g/mol. The van der Waals surface area contributed by atoms with Gasteiger partial charge in [0, 0.05) is 0 Å². The van der Waals surface area contributed by atoms with Crippen molar-refractivity contribution in [3.8, 4) is 17.1 Å². The molecule has 0 spiro atoms. The van der Waals surface area contributed by atoms with Crippen molar-refractivity contribution in [2.45, 2.75) is 6.92 Å². The Kier molecular flexibility index (Phi) is 2.08. The molecule has 0 bridgehead atoms. The van der Waals surface area contributed by atoms with Gasteiger partial charge in [-0.3, -0.25) is 0 Å². The van der Waals surface area contributed by atoms with E-state index in [9.17, 15) is 0 Å². The first-order valence-corrected chi connectivity index (χ1v) is 4.17.